The van der Waals surface area contributed by atoms with E-state index in [1.807, 2.05) is 25.1 Å². The van der Waals surface area contributed by atoms with Crippen LogP contribution >= 0.6 is 0 Å². The molecule has 2 aromatic carbocycles. The van der Waals surface area contributed by atoms with Gasteiger partial charge in [0.1, 0.15) is 5.82 Å². The molecule has 0 aliphatic carbocycles. The van der Waals surface area contributed by atoms with Crippen LogP contribution in [0, 0.1) is 6.92 Å². The zero-order chi connectivity index (χ0) is 25.1. The summed E-state index contributed by atoms with van der Waals surface area (Å²) in [7, 11) is 0. The summed E-state index contributed by atoms with van der Waals surface area (Å²) in [5.41, 5.74) is 3.40. The molecule has 1 aliphatic heterocycles. The fourth-order valence-corrected chi connectivity index (χ4v) is 4.57. The lowest BCUT2D eigenvalue weighted by atomic mass is 9.98. The van der Waals surface area contributed by atoms with Crippen molar-refractivity contribution < 1.29 is 14.3 Å². The van der Waals surface area contributed by atoms with Gasteiger partial charge in [-0.15, -0.1) is 0 Å². The number of fused-ring (bicyclic) bond motifs is 2. The zero-order valence-corrected chi connectivity index (χ0v) is 20.9. The van der Waals surface area contributed by atoms with E-state index in [1.165, 1.54) is 0 Å². The number of benzene rings is 2. The zero-order valence-electron chi connectivity index (χ0n) is 20.9. The molecule has 0 radical (unpaired) electrons. The van der Waals surface area contributed by atoms with Crippen LogP contribution < -0.4 is 10.9 Å². The van der Waals surface area contributed by atoms with Crippen molar-refractivity contribution in [2.75, 3.05) is 5.32 Å². The van der Waals surface area contributed by atoms with Crippen LogP contribution in [0.2, 0.25) is 0 Å². The predicted octanol–water partition coefficient (Wildman–Crippen LogP) is 5.13. The van der Waals surface area contributed by atoms with Crippen molar-refractivity contribution in [3.05, 3.63) is 69.3 Å². The van der Waals surface area contributed by atoms with Crippen LogP contribution in [0.1, 0.15) is 79.7 Å². The monoisotopic (exact) mass is 475 g/mol. The largest absolute Gasteiger partial charge is 0.449 e. The van der Waals surface area contributed by atoms with Crippen molar-refractivity contribution in [2.45, 2.75) is 78.4 Å². The van der Waals surface area contributed by atoms with Crippen LogP contribution in [0.5, 0.6) is 0 Å². The third-order valence-corrected chi connectivity index (χ3v) is 6.63. The van der Waals surface area contributed by atoms with Gasteiger partial charge in [-0.05, 0) is 61.9 Å². The van der Waals surface area contributed by atoms with Crippen LogP contribution in [0.15, 0.2) is 41.2 Å². The molecule has 7 heteroatoms. The molecular weight excluding hydrogens is 442 g/mol. The Balaban J connectivity index is 1.53. The maximum Gasteiger partial charge on any atom is 0.338 e. The quantitative estimate of drug-likeness (QED) is 0.517. The molecule has 0 saturated heterocycles. The second kappa shape index (κ2) is 10.4. The van der Waals surface area contributed by atoms with Crippen molar-refractivity contribution in [3.8, 4) is 0 Å². The van der Waals surface area contributed by atoms with E-state index in [9.17, 15) is 14.4 Å². The van der Waals surface area contributed by atoms with E-state index in [1.54, 1.807) is 29.7 Å². The molecule has 0 fully saturated rings. The second-order valence-corrected chi connectivity index (χ2v) is 9.61. The molecule has 2 heterocycles. The number of ether oxygens (including phenoxy) is 1. The summed E-state index contributed by atoms with van der Waals surface area (Å²) in [6.07, 6.45) is 3.95. The summed E-state index contributed by atoms with van der Waals surface area (Å²) in [6.45, 7) is 8.29. The van der Waals surface area contributed by atoms with Crippen LogP contribution in [0.25, 0.3) is 10.9 Å². The minimum atomic E-state index is -0.993. The van der Waals surface area contributed by atoms with Gasteiger partial charge in [-0.1, -0.05) is 44.9 Å². The fraction of sp³-hybridized carbons (Fsp3) is 0.429. The number of rotatable bonds is 5. The topological polar surface area (TPSA) is 90.3 Å². The van der Waals surface area contributed by atoms with E-state index in [4.69, 9.17) is 9.72 Å². The van der Waals surface area contributed by atoms with Gasteiger partial charge in [0.25, 0.3) is 11.5 Å². The van der Waals surface area contributed by atoms with Gasteiger partial charge < -0.3 is 10.1 Å². The maximum atomic E-state index is 13.0. The Bertz CT molecular complexity index is 1330. The molecular formula is C28H33N3O4. The highest BCUT2D eigenvalue weighted by Crippen LogP contribution is 2.27. The molecule has 1 unspecified atom stereocenters. The highest BCUT2D eigenvalue weighted by Gasteiger charge is 2.22. The van der Waals surface area contributed by atoms with Crippen molar-refractivity contribution in [3.63, 3.8) is 0 Å². The highest BCUT2D eigenvalue weighted by molar-refractivity contribution is 5.99. The van der Waals surface area contributed by atoms with Crippen LogP contribution in [-0.2, 0) is 22.5 Å². The van der Waals surface area contributed by atoms with Gasteiger partial charge in [0.2, 0.25) is 0 Å². The Hall–Kier alpha value is -3.48. The average Bonchev–Trinajstić information content (AvgIpc) is 2.81. The van der Waals surface area contributed by atoms with Gasteiger partial charge in [0.05, 0.1) is 16.5 Å². The summed E-state index contributed by atoms with van der Waals surface area (Å²) in [6, 6.07) is 10.7. The van der Waals surface area contributed by atoms with E-state index < -0.39 is 18.0 Å². The van der Waals surface area contributed by atoms with E-state index in [0.29, 0.717) is 17.4 Å². The molecule has 1 amide bonds. The van der Waals surface area contributed by atoms with Gasteiger partial charge in [-0.3, -0.25) is 14.2 Å². The van der Waals surface area contributed by atoms with Gasteiger partial charge in [-0.2, -0.15) is 0 Å². The lowest BCUT2D eigenvalue weighted by molar-refractivity contribution is -0.123. The molecule has 0 bridgehead atoms. The molecule has 1 atom stereocenters. The normalized spacial score (nSPS) is 14.7. The summed E-state index contributed by atoms with van der Waals surface area (Å²) >= 11 is 0. The lowest BCUT2D eigenvalue weighted by Gasteiger charge is -2.19. The number of aryl methyl sites for hydroxylation is 2. The minimum absolute atomic E-state index is 0.0706. The Morgan fingerprint density at radius 3 is 2.60 bits per heavy atom. The van der Waals surface area contributed by atoms with Crippen molar-refractivity contribution in [2.24, 2.45) is 0 Å². The maximum absolute atomic E-state index is 13.0. The number of nitrogens with zero attached hydrogens (tertiary/aromatic N) is 2. The molecule has 7 nitrogen and oxygen atoms in total. The molecule has 0 saturated carbocycles. The molecule has 1 aliphatic rings. The lowest BCUT2D eigenvalue weighted by Crippen LogP contribution is -2.30. The predicted molar refractivity (Wildman–Crippen MR) is 137 cm³/mol. The number of anilines is 1. The van der Waals surface area contributed by atoms with E-state index in [0.717, 1.165) is 54.7 Å². The Kier molecular flexibility index (Phi) is 7.34. The first-order valence-electron chi connectivity index (χ1n) is 12.4. The fourth-order valence-electron chi connectivity index (χ4n) is 4.57. The number of hydrogen-bond acceptors (Lipinski definition) is 5. The first kappa shape index (κ1) is 24.6. The van der Waals surface area contributed by atoms with E-state index in [2.05, 4.69) is 19.2 Å². The van der Waals surface area contributed by atoms with Gasteiger partial charge in [0, 0.05) is 18.7 Å². The number of amides is 1. The first-order valence-corrected chi connectivity index (χ1v) is 12.4. The molecule has 4 rings (SSSR count). The van der Waals surface area contributed by atoms with E-state index >= 15 is 0 Å². The smallest absolute Gasteiger partial charge is 0.338 e. The van der Waals surface area contributed by atoms with E-state index in [-0.39, 0.29) is 17.0 Å². The molecule has 1 aromatic heterocycles. The molecule has 35 heavy (non-hydrogen) atoms. The third-order valence-electron chi connectivity index (χ3n) is 6.63. The van der Waals surface area contributed by atoms with Gasteiger partial charge in [-0.25, -0.2) is 9.78 Å². The summed E-state index contributed by atoms with van der Waals surface area (Å²) < 4.78 is 7.24. The molecule has 184 valence electrons. The number of carbonyl (C=O) groups is 2. The van der Waals surface area contributed by atoms with Gasteiger partial charge in [0.15, 0.2) is 6.10 Å². The van der Waals surface area contributed by atoms with Crippen LogP contribution in [0.4, 0.5) is 5.69 Å². The Morgan fingerprint density at radius 1 is 1.06 bits per heavy atom. The molecule has 1 N–H and O–H groups in total. The van der Waals surface area contributed by atoms with Crippen LogP contribution in [-0.4, -0.2) is 27.5 Å². The molecule has 3 aromatic rings. The number of carbonyl (C=O) groups excluding carboxylic acids is 2. The molecule has 0 spiro atoms. The second-order valence-electron chi connectivity index (χ2n) is 9.61. The highest BCUT2D eigenvalue weighted by atomic mass is 16.5. The average molecular weight is 476 g/mol. The Morgan fingerprint density at radius 2 is 1.83 bits per heavy atom. The SMILES string of the molecule is Cc1cccc(C(C)C)c1NC(=O)C(C)OC(=O)c1ccc2c(=O)n3c(nc2c1)CCCCCC3. The van der Waals surface area contributed by atoms with Crippen LogP contribution in [0.3, 0.4) is 0 Å². The third kappa shape index (κ3) is 5.29. The first-order chi connectivity index (χ1) is 16.8. The summed E-state index contributed by atoms with van der Waals surface area (Å²) in [5, 5.41) is 3.41. The number of para-hydroxylation sites is 1. The summed E-state index contributed by atoms with van der Waals surface area (Å²) in [4.78, 5) is 43.4. The van der Waals surface area contributed by atoms with Crippen molar-refractivity contribution in [1.29, 1.82) is 0 Å². The number of esters is 1. The van der Waals surface area contributed by atoms with Gasteiger partial charge >= 0.3 is 5.97 Å². The van der Waals surface area contributed by atoms with Crippen molar-refractivity contribution >= 4 is 28.5 Å². The number of nitrogens with one attached hydrogen (secondary N) is 1. The number of aromatic nitrogens is 2. The standard InChI is InChI=1S/C28H33N3O4/c1-17(2)21-11-9-10-18(3)25(21)30-26(32)19(4)35-28(34)20-13-14-22-23(16-20)29-24-12-7-5-6-8-15-31(24)27(22)33/h9-11,13-14,16-17,19H,5-8,12,15H2,1-4H3,(H,30,32). The minimum Gasteiger partial charge on any atom is -0.449 e. The Labute approximate surface area is 205 Å². The number of hydrogen-bond donors (Lipinski definition) is 1. The van der Waals surface area contributed by atoms with Crippen molar-refractivity contribution in [1.82, 2.24) is 9.55 Å². The summed E-state index contributed by atoms with van der Waals surface area (Å²) in [5.74, 6) is -0.0264.